The molecular weight excluding hydrogens is 494 g/mol. The van der Waals surface area contributed by atoms with Gasteiger partial charge in [-0.2, -0.15) is 5.10 Å². The summed E-state index contributed by atoms with van der Waals surface area (Å²) in [5.41, 5.74) is 2.88. The van der Waals surface area contributed by atoms with E-state index >= 15 is 0 Å². The van der Waals surface area contributed by atoms with E-state index < -0.39 is 11.3 Å². The van der Waals surface area contributed by atoms with Crippen molar-refractivity contribution in [2.75, 3.05) is 39.4 Å². The van der Waals surface area contributed by atoms with Crippen molar-refractivity contribution < 1.29 is 14.6 Å². The zero-order valence-electron chi connectivity index (χ0n) is 20.7. The molecule has 37 heavy (non-hydrogen) atoms. The third-order valence-electron chi connectivity index (χ3n) is 6.98. The number of piperidine rings is 1. The number of likely N-dealkylation sites (tertiary alicyclic amines) is 1. The predicted molar refractivity (Wildman–Crippen MR) is 142 cm³/mol. The van der Waals surface area contributed by atoms with E-state index in [1.54, 1.807) is 12.1 Å². The molecule has 2 fully saturated rings. The number of carbonyl (C=O) groups is 1. The first-order valence-electron chi connectivity index (χ1n) is 12.7. The Labute approximate surface area is 220 Å². The van der Waals surface area contributed by atoms with Crippen molar-refractivity contribution >= 4 is 28.4 Å². The molecule has 0 aliphatic carbocycles. The first-order valence-corrected chi connectivity index (χ1v) is 13.1. The number of aromatic nitrogens is 2. The second kappa shape index (κ2) is 11.7. The molecule has 3 aromatic rings. The maximum absolute atomic E-state index is 13.5. The molecule has 1 atom stereocenters. The largest absolute Gasteiger partial charge is 0.392 e. The number of hydrogen-bond acceptors (Lipinski definition) is 7. The third kappa shape index (κ3) is 6.37. The Morgan fingerprint density at radius 2 is 1.89 bits per heavy atom. The van der Waals surface area contributed by atoms with Crippen molar-refractivity contribution in [1.29, 1.82) is 0 Å². The van der Waals surface area contributed by atoms with E-state index in [0.717, 1.165) is 49.2 Å². The number of β-amino-alcohol motifs (C(OH)–C–C–N with tert-alkyl or cyclic N) is 1. The monoisotopic (exact) mass is 525 g/mol. The number of nitrogens with zero attached hydrogens (tertiary/aromatic N) is 3. The van der Waals surface area contributed by atoms with Gasteiger partial charge in [-0.15, -0.1) is 0 Å². The Morgan fingerprint density at radius 3 is 2.65 bits per heavy atom. The number of carbonyl (C=O) groups excluding carboxylic acids is 1. The number of nitrogens with one attached hydrogen (secondary N) is 2. The second-order valence-corrected chi connectivity index (χ2v) is 10.2. The SMILES string of the molecule is O=C(NCc1ccc(Cl)cc1)c1n[nH]c2c(CN3CCCC(O)C3)cc(CN3CCOCC3)cc2c1=O. The molecule has 2 aromatic carbocycles. The minimum Gasteiger partial charge on any atom is -0.392 e. The molecule has 1 aromatic heterocycles. The lowest BCUT2D eigenvalue weighted by Gasteiger charge is -2.30. The standard InChI is InChI=1S/C27H32ClN5O4/c28-21-5-3-18(4-6-21)14-29-27(36)25-26(35)23-13-19(15-32-8-10-37-11-9-32)12-20(24(23)30-31-25)16-33-7-1-2-22(34)17-33/h3-6,12-13,22,34H,1-2,7-11,14-17H2,(H,29,36)(H,30,35). The number of aliphatic hydroxyl groups is 1. The molecule has 10 heteroatoms. The van der Waals surface area contributed by atoms with Crippen LogP contribution in [0.1, 0.15) is 40.0 Å². The molecule has 3 N–H and O–H groups in total. The summed E-state index contributed by atoms with van der Waals surface area (Å²) >= 11 is 5.93. The van der Waals surface area contributed by atoms with Crippen LogP contribution < -0.4 is 10.7 Å². The van der Waals surface area contributed by atoms with Gasteiger partial charge in [-0.05, 0) is 54.3 Å². The highest BCUT2D eigenvalue weighted by Gasteiger charge is 2.22. The molecule has 5 rings (SSSR count). The van der Waals surface area contributed by atoms with Gasteiger partial charge >= 0.3 is 0 Å². The Hall–Kier alpha value is -2.82. The molecule has 1 unspecified atom stereocenters. The topological polar surface area (TPSA) is 111 Å². The van der Waals surface area contributed by atoms with Gasteiger partial charge in [0.15, 0.2) is 5.69 Å². The van der Waals surface area contributed by atoms with Gasteiger partial charge in [-0.3, -0.25) is 24.5 Å². The van der Waals surface area contributed by atoms with Crippen LogP contribution >= 0.6 is 11.6 Å². The maximum Gasteiger partial charge on any atom is 0.276 e. The van der Waals surface area contributed by atoms with E-state index in [2.05, 4.69) is 31.4 Å². The van der Waals surface area contributed by atoms with Gasteiger partial charge in [0.1, 0.15) is 0 Å². The quantitative estimate of drug-likeness (QED) is 0.434. The number of aliphatic hydroxyl groups excluding tert-OH is 1. The van der Waals surface area contributed by atoms with Crippen molar-refractivity contribution in [3.05, 3.63) is 74.0 Å². The number of fused-ring (bicyclic) bond motifs is 1. The molecule has 1 amide bonds. The van der Waals surface area contributed by atoms with Crippen LogP contribution in [-0.2, 0) is 24.4 Å². The summed E-state index contributed by atoms with van der Waals surface area (Å²) in [7, 11) is 0. The first kappa shape index (κ1) is 25.8. The molecule has 196 valence electrons. The average molecular weight is 526 g/mol. The Morgan fingerprint density at radius 1 is 1.11 bits per heavy atom. The minimum atomic E-state index is -0.530. The van der Waals surface area contributed by atoms with Crippen LogP contribution in [0, 0.1) is 0 Å². The highest BCUT2D eigenvalue weighted by molar-refractivity contribution is 6.30. The summed E-state index contributed by atoms with van der Waals surface area (Å²) in [4.78, 5) is 30.9. The molecule has 3 heterocycles. The van der Waals surface area contributed by atoms with Gasteiger partial charge in [0, 0.05) is 44.3 Å². The highest BCUT2D eigenvalue weighted by atomic mass is 35.5. The fourth-order valence-corrected chi connectivity index (χ4v) is 5.17. The zero-order valence-corrected chi connectivity index (χ0v) is 21.5. The van der Waals surface area contributed by atoms with Crippen LogP contribution in [0.4, 0.5) is 0 Å². The molecule has 2 saturated heterocycles. The van der Waals surface area contributed by atoms with E-state index in [1.807, 2.05) is 18.2 Å². The van der Waals surface area contributed by atoms with Gasteiger partial charge in [0.05, 0.1) is 30.2 Å². The molecule has 9 nitrogen and oxygen atoms in total. The number of ether oxygens (including phenoxy) is 1. The number of benzene rings is 2. The van der Waals surface area contributed by atoms with Gasteiger partial charge in [0.2, 0.25) is 5.43 Å². The summed E-state index contributed by atoms with van der Waals surface area (Å²) in [6, 6.07) is 11.1. The molecule has 0 spiro atoms. The third-order valence-corrected chi connectivity index (χ3v) is 7.24. The van der Waals surface area contributed by atoms with Crippen molar-refractivity contribution in [3.8, 4) is 0 Å². The van der Waals surface area contributed by atoms with E-state index in [0.29, 0.717) is 48.8 Å². The molecule has 0 bridgehead atoms. The lowest BCUT2D eigenvalue weighted by atomic mass is 10.0. The minimum absolute atomic E-state index is 0.163. The number of aromatic amines is 1. The molecular formula is C27H32ClN5O4. The number of morpholine rings is 1. The molecule has 0 radical (unpaired) electrons. The number of hydrogen-bond donors (Lipinski definition) is 3. The van der Waals surface area contributed by atoms with E-state index in [1.165, 1.54) is 0 Å². The van der Waals surface area contributed by atoms with Gasteiger partial charge in [-0.25, -0.2) is 0 Å². The average Bonchev–Trinajstić information content (AvgIpc) is 2.89. The zero-order chi connectivity index (χ0) is 25.8. The lowest BCUT2D eigenvalue weighted by Crippen LogP contribution is -2.38. The van der Waals surface area contributed by atoms with E-state index in [9.17, 15) is 14.7 Å². The van der Waals surface area contributed by atoms with Crippen LogP contribution in [0.25, 0.3) is 10.9 Å². The number of halogens is 1. The summed E-state index contributed by atoms with van der Waals surface area (Å²) in [6.07, 6.45) is 1.39. The summed E-state index contributed by atoms with van der Waals surface area (Å²) in [5, 5.41) is 21.2. The molecule has 2 aliphatic rings. The number of amides is 1. The molecule has 2 aliphatic heterocycles. The number of rotatable bonds is 7. The van der Waals surface area contributed by atoms with Crippen molar-refractivity contribution in [1.82, 2.24) is 25.3 Å². The summed E-state index contributed by atoms with van der Waals surface area (Å²) in [5.74, 6) is -0.530. The Kier molecular flexibility index (Phi) is 8.17. The van der Waals surface area contributed by atoms with Crippen LogP contribution in [0.2, 0.25) is 5.02 Å². The molecule has 0 saturated carbocycles. The van der Waals surface area contributed by atoms with Crippen LogP contribution in [0.15, 0.2) is 41.2 Å². The fourth-order valence-electron chi connectivity index (χ4n) is 5.04. The smallest absolute Gasteiger partial charge is 0.276 e. The van der Waals surface area contributed by atoms with Crippen molar-refractivity contribution in [2.45, 2.75) is 38.6 Å². The van der Waals surface area contributed by atoms with Crippen LogP contribution in [0.3, 0.4) is 0 Å². The summed E-state index contributed by atoms with van der Waals surface area (Å²) in [6.45, 7) is 6.05. The highest BCUT2D eigenvalue weighted by Crippen LogP contribution is 2.22. The van der Waals surface area contributed by atoms with Crippen molar-refractivity contribution in [2.24, 2.45) is 0 Å². The number of H-pyrrole nitrogens is 1. The lowest BCUT2D eigenvalue weighted by molar-refractivity contribution is 0.0342. The fraction of sp³-hybridized carbons (Fsp3) is 0.444. The Balaban J connectivity index is 1.44. The van der Waals surface area contributed by atoms with Crippen LogP contribution in [0.5, 0.6) is 0 Å². The second-order valence-electron chi connectivity index (χ2n) is 9.81. The predicted octanol–water partition coefficient (Wildman–Crippen LogP) is 2.30. The summed E-state index contributed by atoms with van der Waals surface area (Å²) < 4.78 is 5.48. The first-order chi connectivity index (χ1) is 18.0. The van der Waals surface area contributed by atoms with Gasteiger partial charge < -0.3 is 15.2 Å². The normalized spacial score (nSPS) is 19.2. The van der Waals surface area contributed by atoms with E-state index in [-0.39, 0.29) is 18.3 Å². The van der Waals surface area contributed by atoms with Gasteiger partial charge in [-0.1, -0.05) is 29.8 Å². The maximum atomic E-state index is 13.5. The van der Waals surface area contributed by atoms with E-state index in [4.69, 9.17) is 16.3 Å². The van der Waals surface area contributed by atoms with Crippen molar-refractivity contribution in [3.63, 3.8) is 0 Å². The van der Waals surface area contributed by atoms with Crippen LogP contribution in [-0.4, -0.2) is 76.5 Å². The van der Waals surface area contributed by atoms with Gasteiger partial charge in [0.25, 0.3) is 5.91 Å². The Bertz CT molecular complexity index is 1310.